The molecule has 0 saturated carbocycles. The van der Waals surface area contributed by atoms with Gasteiger partial charge in [-0.1, -0.05) is 0 Å². The summed E-state index contributed by atoms with van der Waals surface area (Å²) >= 11 is 0. The Labute approximate surface area is 70.8 Å². The Balaban J connectivity index is -0.0000000450. The van der Waals surface area contributed by atoms with E-state index in [0.717, 1.165) is 0 Å². The van der Waals surface area contributed by atoms with Crippen molar-refractivity contribution in [3.05, 3.63) is 0 Å². The zero-order chi connectivity index (χ0) is 3.41. The first-order chi connectivity index (χ1) is 1.91. The second-order valence-corrected chi connectivity index (χ2v) is 0.577. The molecule has 1 radical (unpaired) electrons. The van der Waals surface area contributed by atoms with Crippen molar-refractivity contribution in [2.45, 2.75) is 0 Å². The van der Waals surface area contributed by atoms with Crippen molar-refractivity contribution in [3.8, 4) is 0 Å². The molecule has 0 aliphatic heterocycles. The standard InChI is InChI=1S/C2H8N2.Cu.Na.H/c3-1-2-4;;;/h1-4H2;;;. The van der Waals surface area contributed by atoms with Gasteiger partial charge in [-0.2, -0.15) is 0 Å². The molecule has 0 amide bonds. The van der Waals surface area contributed by atoms with Gasteiger partial charge >= 0.3 is 29.6 Å². The van der Waals surface area contributed by atoms with Crippen LogP contribution in [0.2, 0.25) is 0 Å². The Morgan fingerprint density at radius 2 is 1.17 bits per heavy atom. The average Bonchev–Trinajstić information content (AvgIpc) is 1.37. The molecule has 0 rings (SSSR count). The van der Waals surface area contributed by atoms with Crippen LogP contribution in [-0.2, 0) is 17.1 Å². The van der Waals surface area contributed by atoms with Gasteiger partial charge in [-0.3, -0.25) is 0 Å². The summed E-state index contributed by atoms with van der Waals surface area (Å²) in [6, 6.07) is 0. The van der Waals surface area contributed by atoms with Gasteiger partial charge in [0.1, 0.15) is 0 Å². The molecule has 0 aromatic heterocycles. The van der Waals surface area contributed by atoms with Crippen LogP contribution in [0.1, 0.15) is 0 Å². The van der Waals surface area contributed by atoms with Gasteiger partial charge in [-0.05, 0) is 0 Å². The van der Waals surface area contributed by atoms with E-state index in [9.17, 15) is 0 Å². The second-order valence-electron chi connectivity index (χ2n) is 0.577. The molecule has 0 bridgehead atoms. The van der Waals surface area contributed by atoms with Gasteiger partial charge in [0.25, 0.3) is 0 Å². The van der Waals surface area contributed by atoms with E-state index in [1.807, 2.05) is 0 Å². The monoisotopic (exact) mass is 147 g/mol. The normalized spacial score (nSPS) is 5.00. The first-order valence-electron chi connectivity index (χ1n) is 1.32. The maximum absolute atomic E-state index is 4.90. The van der Waals surface area contributed by atoms with Crippen molar-refractivity contribution in [1.82, 2.24) is 0 Å². The number of hydrogen-bond donors (Lipinski definition) is 2. The van der Waals surface area contributed by atoms with E-state index in [0.29, 0.717) is 13.1 Å². The van der Waals surface area contributed by atoms with Gasteiger partial charge in [0.05, 0.1) is 0 Å². The first kappa shape index (κ1) is 15.7. The number of hydrogen-bond acceptors (Lipinski definition) is 2. The Morgan fingerprint density at radius 1 is 1.00 bits per heavy atom. The Kier molecular flexibility index (Phi) is 42.0. The third-order valence-corrected chi connectivity index (χ3v) is 0.167. The van der Waals surface area contributed by atoms with Gasteiger partial charge < -0.3 is 11.5 Å². The van der Waals surface area contributed by atoms with Gasteiger partial charge in [0, 0.05) is 30.2 Å². The molecule has 0 aliphatic rings. The van der Waals surface area contributed by atoms with Crippen molar-refractivity contribution in [1.29, 1.82) is 0 Å². The van der Waals surface area contributed by atoms with E-state index in [2.05, 4.69) is 0 Å². The molecule has 0 aromatic carbocycles. The van der Waals surface area contributed by atoms with Gasteiger partial charge in [-0.15, -0.1) is 0 Å². The van der Waals surface area contributed by atoms with E-state index in [1.165, 1.54) is 0 Å². The molecule has 4 N–H and O–H groups in total. The Bertz CT molecular complexity index is 13.5. The molecule has 0 fully saturated rings. The van der Waals surface area contributed by atoms with Crippen LogP contribution in [0.5, 0.6) is 0 Å². The molecule has 6 heavy (non-hydrogen) atoms. The van der Waals surface area contributed by atoms with Crippen molar-refractivity contribution in [2.24, 2.45) is 11.5 Å². The topological polar surface area (TPSA) is 52.0 Å². The van der Waals surface area contributed by atoms with Crippen molar-refractivity contribution >= 4 is 29.6 Å². The zero-order valence-corrected chi connectivity index (χ0v) is 3.81. The molecule has 4 heteroatoms. The third kappa shape index (κ3) is 18.0. The third-order valence-electron chi connectivity index (χ3n) is 0.167. The van der Waals surface area contributed by atoms with Crippen LogP contribution < -0.4 is 11.5 Å². The molecule has 0 unspecified atom stereocenters. The van der Waals surface area contributed by atoms with Gasteiger partial charge in [0.2, 0.25) is 0 Å². The zero-order valence-electron chi connectivity index (χ0n) is 2.87. The van der Waals surface area contributed by atoms with Crippen LogP contribution in [0.15, 0.2) is 0 Å². The number of rotatable bonds is 1. The molecule has 0 aromatic rings. The van der Waals surface area contributed by atoms with Gasteiger partial charge in [0.15, 0.2) is 0 Å². The van der Waals surface area contributed by atoms with Crippen LogP contribution >= 0.6 is 0 Å². The summed E-state index contributed by atoms with van der Waals surface area (Å²) in [6.07, 6.45) is 0. The summed E-state index contributed by atoms with van der Waals surface area (Å²) < 4.78 is 0. The minimum absolute atomic E-state index is 0. The van der Waals surface area contributed by atoms with E-state index in [4.69, 9.17) is 11.5 Å². The first-order valence-corrected chi connectivity index (χ1v) is 1.32. The molecule has 0 aliphatic carbocycles. The molecular weight excluding hydrogens is 139 g/mol. The van der Waals surface area contributed by atoms with Crippen LogP contribution in [0.25, 0.3) is 0 Å². The summed E-state index contributed by atoms with van der Waals surface area (Å²) in [5.41, 5.74) is 9.81. The van der Waals surface area contributed by atoms with Crippen LogP contribution in [0.3, 0.4) is 0 Å². The predicted molar refractivity (Wildman–Crippen MR) is 25.3 cm³/mol. The van der Waals surface area contributed by atoms with E-state index < -0.39 is 0 Å². The molecule has 0 heterocycles. The second kappa shape index (κ2) is 16.1. The fourth-order valence-corrected chi connectivity index (χ4v) is 0. The van der Waals surface area contributed by atoms with Crippen molar-refractivity contribution in [3.63, 3.8) is 0 Å². The fourth-order valence-electron chi connectivity index (χ4n) is 0. The van der Waals surface area contributed by atoms with Crippen molar-refractivity contribution < 1.29 is 17.1 Å². The minimum atomic E-state index is 0. The van der Waals surface area contributed by atoms with Crippen molar-refractivity contribution in [2.75, 3.05) is 13.1 Å². The molecule has 2 nitrogen and oxygen atoms in total. The SMILES string of the molecule is NCCN.[Cu].[NaH]. The quantitative estimate of drug-likeness (QED) is 0.433. The summed E-state index contributed by atoms with van der Waals surface area (Å²) in [7, 11) is 0. The maximum atomic E-state index is 4.90. The Morgan fingerprint density at radius 3 is 1.17 bits per heavy atom. The average molecular weight is 148 g/mol. The summed E-state index contributed by atoms with van der Waals surface area (Å²) in [5, 5.41) is 0. The van der Waals surface area contributed by atoms with E-state index >= 15 is 0 Å². The predicted octanol–water partition coefficient (Wildman–Crippen LogP) is -1.75. The van der Waals surface area contributed by atoms with Gasteiger partial charge in [-0.25, -0.2) is 0 Å². The van der Waals surface area contributed by atoms with Crippen LogP contribution in [0, 0.1) is 0 Å². The van der Waals surface area contributed by atoms with Crippen LogP contribution in [-0.4, -0.2) is 42.6 Å². The summed E-state index contributed by atoms with van der Waals surface area (Å²) in [6.45, 7) is 1.19. The van der Waals surface area contributed by atoms with E-state index in [1.54, 1.807) is 0 Å². The number of nitrogens with two attached hydrogens (primary N) is 2. The van der Waals surface area contributed by atoms with E-state index in [-0.39, 0.29) is 46.6 Å². The molecule has 39 valence electrons. The fraction of sp³-hybridized carbons (Fsp3) is 1.00. The summed E-state index contributed by atoms with van der Waals surface area (Å²) in [5.74, 6) is 0. The molecule has 0 atom stereocenters. The molecular formula is C2H9CuN2Na. The molecule has 0 saturated heterocycles. The summed E-state index contributed by atoms with van der Waals surface area (Å²) in [4.78, 5) is 0. The Hall–Kier alpha value is 1.44. The molecule has 0 spiro atoms. The van der Waals surface area contributed by atoms with Crippen LogP contribution in [0.4, 0.5) is 0 Å².